The number of halogens is 1. The number of benzene rings is 1. The predicted molar refractivity (Wildman–Crippen MR) is 205 cm³/mol. The number of fused-ring (bicyclic) bond motifs is 4. The van der Waals surface area contributed by atoms with E-state index in [4.69, 9.17) is 18.4 Å². The Morgan fingerprint density at radius 1 is 1.07 bits per heavy atom. The van der Waals surface area contributed by atoms with Crippen molar-refractivity contribution in [3.63, 3.8) is 0 Å². The third kappa shape index (κ3) is 6.50. The summed E-state index contributed by atoms with van der Waals surface area (Å²) in [6.07, 6.45) is 5.36. The van der Waals surface area contributed by atoms with Crippen molar-refractivity contribution in [3.8, 4) is 17.7 Å². The fourth-order valence-electron chi connectivity index (χ4n) is 8.57. The van der Waals surface area contributed by atoms with Gasteiger partial charge >= 0.3 is 0 Å². The summed E-state index contributed by atoms with van der Waals surface area (Å²) in [5, 5.41) is 26.8. The van der Waals surface area contributed by atoms with Gasteiger partial charge in [0.2, 0.25) is 11.6 Å². The number of unbranched alkanes of at least 4 members (excludes halogenated alkanes) is 2. The van der Waals surface area contributed by atoms with Crippen molar-refractivity contribution in [3.05, 3.63) is 45.0 Å². The largest absolute Gasteiger partial charge is 0.507 e. The van der Waals surface area contributed by atoms with Crippen LogP contribution in [0.25, 0.3) is 5.76 Å². The van der Waals surface area contributed by atoms with E-state index in [1.807, 2.05) is 66.7 Å². The first-order valence-electron chi connectivity index (χ1n) is 19.7. The minimum atomic E-state index is -2.93. The zero-order chi connectivity index (χ0) is 39.3. The van der Waals surface area contributed by atoms with Gasteiger partial charge in [-0.25, -0.2) is 4.39 Å². The van der Waals surface area contributed by atoms with Gasteiger partial charge in [-0.2, -0.15) is 5.26 Å². The summed E-state index contributed by atoms with van der Waals surface area (Å²) in [5.41, 5.74) is -1.46. The highest BCUT2D eigenvalue weighted by molar-refractivity contribution is 6.74. The van der Waals surface area contributed by atoms with Crippen LogP contribution < -0.4 is 9.47 Å². The van der Waals surface area contributed by atoms with Crippen molar-refractivity contribution < 1.29 is 37.5 Å². The molecule has 1 aromatic heterocycles. The molecule has 1 saturated heterocycles. The number of hydrogen-bond donors (Lipinski definition) is 1. The number of carbonyl (C=O) groups is 2. The van der Waals surface area contributed by atoms with Gasteiger partial charge in [-0.1, -0.05) is 47.5 Å². The molecule has 294 valence electrons. The summed E-state index contributed by atoms with van der Waals surface area (Å²) < 4.78 is 42.5. The summed E-state index contributed by atoms with van der Waals surface area (Å²) in [7, 11) is 0.791. The number of aromatic nitrogens is 1. The highest BCUT2D eigenvalue weighted by atomic mass is 28.4. The van der Waals surface area contributed by atoms with E-state index < -0.39 is 60.0 Å². The van der Waals surface area contributed by atoms with Crippen LogP contribution in [0, 0.1) is 29.0 Å². The quantitative estimate of drug-likeness (QED) is 0.121. The molecule has 0 unspecified atom stereocenters. The maximum Gasteiger partial charge on any atom is 0.265 e. The summed E-state index contributed by atoms with van der Waals surface area (Å²) >= 11 is 0. The number of ether oxygens (including phenoxy) is 2. The molecular formula is C41H57FN4O7Si. The SMILES string of the molecule is CCCCOc1noc2c1C(=O)[C@@]1(O[Si](C)(C)C(C)(C)C)C(=O)C3=C(O)c4c(c(F)c(CN5CCCC5)c(C#N)c4OCCCC)C[C@H]3C[C@H]1[C@@H]2N(C)C. The third-order valence-corrected chi connectivity index (χ3v) is 16.9. The lowest BCUT2D eigenvalue weighted by atomic mass is 9.57. The van der Waals surface area contributed by atoms with Crippen molar-refractivity contribution >= 4 is 25.6 Å². The molecule has 2 aromatic rings. The van der Waals surface area contributed by atoms with E-state index in [9.17, 15) is 10.4 Å². The molecule has 1 saturated carbocycles. The van der Waals surface area contributed by atoms with Crippen molar-refractivity contribution in [2.75, 3.05) is 40.4 Å². The topological polar surface area (TPSA) is 138 Å². The lowest BCUT2D eigenvalue weighted by Gasteiger charge is -2.55. The van der Waals surface area contributed by atoms with Gasteiger partial charge in [-0.15, -0.1) is 0 Å². The molecule has 1 N–H and O–H groups in total. The van der Waals surface area contributed by atoms with Crippen LogP contribution >= 0.6 is 0 Å². The molecule has 1 aromatic carbocycles. The minimum Gasteiger partial charge on any atom is -0.507 e. The normalized spacial score (nSPS) is 24.3. The van der Waals surface area contributed by atoms with Gasteiger partial charge in [0.1, 0.15) is 34.5 Å². The summed E-state index contributed by atoms with van der Waals surface area (Å²) in [5.74, 6) is -3.27. The fraction of sp³-hybridized carbons (Fsp3) is 0.659. The average Bonchev–Trinajstić information content (AvgIpc) is 3.78. The number of nitrogens with zero attached hydrogens (tertiary/aromatic N) is 4. The van der Waals surface area contributed by atoms with Crippen LogP contribution in [0.2, 0.25) is 18.1 Å². The molecule has 6 rings (SSSR count). The number of aliphatic hydroxyl groups is 1. The summed E-state index contributed by atoms with van der Waals surface area (Å²) in [4.78, 5) is 35.1. The Morgan fingerprint density at radius 3 is 2.31 bits per heavy atom. The molecule has 2 fully saturated rings. The number of hydrogen-bond acceptors (Lipinski definition) is 11. The molecule has 2 heterocycles. The number of likely N-dealkylation sites (tertiary alicyclic amines) is 1. The Hall–Kier alpha value is -3.57. The van der Waals surface area contributed by atoms with Crippen molar-refractivity contribution in [1.29, 1.82) is 5.26 Å². The first-order valence-corrected chi connectivity index (χ1v) is 22.6. The van der Waals surface area contributed by atoms with E-state index in [-0.39, 0.29) is 71.0 Å². The van der Waals surface area contributed by atoms with Gasteiger partial charge in [-0.05, 0) is 94.9 Å². The van der Waals surface area contributed by atoms with Crippen LogP contribution in [-0.4, -0.2) is 85.9 Å². The highest BCUT2D eigenvalue weighted by Crippen LogP contribution is 2.59. The molecule has 0 amide bonds. The zero-order valence-electron chi connectivity index (χ0n) is 33.5. The van der Waals surface area contributed by atoms with Gasteiger partial charge < -0.3 is 23.5 Å². The number of aliphatic hydroxyl groups excluding tert-OH is 1. The standard InChI is InChI=1S/C41H57FN4O7Si/c1-10-12-18-50-35-26(22-43)27(23-46-16-14-15-17-46)32(42)25-20-24-21-28-33(45(6)7)36-31(39(44-52-36)51-19-13-11-2)38(49)41(28,53-54(8,9)40(3,4)5)37(48)29(24)34(47)30(25)35/h24,28,33,47H,10-21,23H2,1-9H3/t24-,28-,33-,41-/m0/s1. The van der Waals surface area contributed by atoms with Gasteiger partial charge in [0.05, 0.1) is 24.8 Å². The highest BCUT2D eigenvalue weighted by Gasteiger charge is 2.69. The lowest BCUT2D eigenvalue weighted by Crippen LogP contribution is -2.68. The van der Waals surface area contributed by atoms with Crippen LogP contribution in [0.1, 0.15) is 124 Å². The maximum absolute atomic E-state index is 17.0. The van der Waals surface area contributed by atoms with Crippen LogP contribution in [0.5, 0.6) is 11.6 Å². The van der Waals surface area contributed by atoms with Crippen LogP contribution in [0.15, 0.2) is 10.1 Å². The van der Waals surface area contributed by atoms with E-state index in [0.29, 0.717) is 18.8 Å². The fourth-order valence-corrected chi connectivity index (χ4v) is 10.0. The third-order valence-electron chi connectivity index (χ3n) is 12.4. The van der Waals surface area contributed by atoms with Crippen LogP contribution in [-0.2, 0) is 22.2 Å². The number of rotatable bonds is 13. The first kappa shape index (κ1) is 40.1. The number of Topliss-reactive ketones (excluding diaryl/α,β-unsaturated/α-hetero) is 2. The first-order chi connectivity index (χ1) is 25.5. The molecule has 13 heteroatoms. The second kappa shape index (κ2) is 15.2. The molecule has 4 atom stereocenters. The molecule has 11 nitrogen and oxygen atoms in total. The Morgan fingerprint density at radius 2 is 1.72 bits per heavy atom. The minimum absolute atomic E-state index is 0.00703. The van der Waals surface area contributed by atoms with Crippen LogP contribution in [0.4, 0.5) is 4.39 Å². The van der Waals surface area contributed by atoms with Crippen molar-refractivity contribution in [2.24, 2.45) is 11.8 Å². The lowest BCUT2D eigenvalue weighted by molar-refractivity contribution is -0.140. The Labute approximate surface area is 319 Å². The van der Waals surface area contributed by atoms with Gasteiger partial charge in [0.15, 0.2) is 19.7 Å². The average molecular weight is 765 g/mol. The number of nitriles is 1. The van der Waals surface area contributed by atoms with Gasteiger partial charge in [0.25, 0.3) is 5.88 Å². The number of ketones is 2. The monoisotopic (exact) mass is 764 g/mol. The van der Waals surface area contributed by atoms with Crippen molar-refractivity contribution in [2.45, 2.75) is 122 Å². The maximum atomic E-state index is 17.0. The number of carbonyl (C=O) groups excluding carboxylic acids is 2. The summed E-state index contributed by atoms with van der Waals surface area (Å²) in [6, 6.07) is 1.57. The van der Waals surface area contributed by atoms with E-state index in [0.717, 1.165) is 45.2 Å². The molecule has 4 aliphatic rings. The van der Waals surface area contributed by atoms with E-state index in [2.05, 4.69) is 16.1 Å². The predicted octanol–water partition coefficient (Wildman–Crippen LogP) is 7.93. The van der Waals surface area contributed by atoms with Crippen molar-refractivity contribution in [1.82, 2.24) is 15.0 Å². The smallest absolute Gasteiger partial charge is 0.265 e. The van der Waals surface area contributed by atoms with E-state index in [1.165, 1.54) is 0 Å². The van der Waals surface area contributed by atoms with E-state index in [1.54, 1.807) is 0 Å². The Kier molecular flexibility index (Phi) is 11.3. The zero-order valence-corrected chi connectivity index (χ0v) is 34.5. The molecule has 0 bridgehead atoms. The Balaban J connectivity index is 1.60. The second-order valence-electron chi connectivity index (χ2n) is 17.2. The molecule has 0 spiro atoms. The molecular weight excluding hydrogens is 708 g/mol. The molecule has 54 heavy (non-hydrogen) atoms. The van der Waals surface area contributed by atoms with Gasteiger partial charge in [-0.3, -0.25) is 19.4 Å². The van der Waals surface area contributed by atoms with Gasteiger partial charge in [0, 0.05) is 29.2 Å². The molecule has 3 aliphatic carbocycles. The second-order valence-corrected chi connectivity index (χ2v) is 22.0. The van der Waals surface area contributed by atoms with Crippen LogP contribution in [0.3, 0.4) is 0 Å². The Bertz CT molecular complexity index is 1870. The summed E-state index contributed by atoms with van der Waals surface area (Å²) in [6.45, 7) is 16.6. The molecule has 1 aliphatic heterocycles. The molecule has 0 radical (unpaired) electrons. The van der Waals surface area contributed by atoms with E-state index >= 15 is 14.0 Å².